The first-order valence-electron chi connectivity index (χ1n) is 13.1. The average molecular weight is 518 g/mol. The van der Waals surface area contributed by atoms with Crippen molar-refractivity contribution in [2.45, 2.75) is 26.8 Å². The Morgan fingerprint density at radius 1 is 0.949 bits per heavy atom. The van der Waals surface area contributed by atoms with E-state index in [1.54, 1.807) is 18.2 Å². The number of hydrogen-bond acceptors (Lipinski definition) is 4. The second-order valence-electron chi connectivity index (χ2n) is 9.28. The fourth-order valence-corrected chi connectivity index (χ4v) is 4.94. The zero-order valence-electron chi connectivity index (χ0n) is 22.1. The van der Waals surface area contributed by atoms with Crippen molar-refractivity contribution in [3.63, 3.8) is 0 Å². The summed E-state index contributed by atoms with van der Waals surface area (Å²) in [4.78, 5) is 12.9. The Labute approximate surface area is 228 Å². The maximum absolute atomic E-state index is 12.9. The highest BCUT2D eigenvalue weighted by molar-refractivity contribution is 6.05. The molecule has 5 rings (SSSR count). The summed E-state index contributed by atoms with van der Waals surface area (Å²) in [6, 6.07) is 32.0. The standard InChI is InChI=1S/C33H31N3O3/c1-3-39-29-21-24(17-18-28(29)37)22-34-35-30(38)19-20-36-32-23(2)11-10-16-27(32)31(25-12-6-4-7-13-25)33(36)26-14-8-5-9-15-26/h4-18,21-22,37H,3,19-20H2,1-2H3,(H,35,38)/b34-22+. The SMILES string of the molecule is CCOc1cc(/C=N/NC(=O)CCn2c(-c3ccccc3)c(-c3ccccc3)c3cccc(C)c32)ccc1O. The number of benzene rings is 4. The number of phenols is 1. The number of carbonyl (C=O) groups excluding carboxylic acids is 1. The van der Waals surface area contributed by atoms with Crippen LogP contribution in [0.4, 0.5) is 0 Å². The van der Waals surface area contributed by atoms with Gasteiger partial charge < -0.3 is 14.4 Å². The van der Waals surface area contributed by atoms with E-state index in [-0.39, 0.29) is 18.1 Å². The van der Waals surface area contributed by atoms with Gasteiger partial charge in [0.2, 0.25) is 5.91 Å². The first kappa shape index (κ1) is 25.8. The number of phenolic OH excluding ortho intramolecular Hbond substituents is 1. The summed E-state index contributed by atoms with van der Waals surface area (Å²) in [5.41, 5.74) is 10.1. The van der Waals surface area contributed by atoms with Gasteiger partial charge in [0.25, 0.3) is 0 Å². The van der Waals surface area contributed by atoms with Crippen LogP contribution >= 0.6 is 0 Å². The van der Waals surface area contributed by atoms with Crippen LogP contribution in [0, 0.1) is 6.92 Å². The topological polar surface area (TPSA) is 75.8 Å². The third-order valence-electron chi connectivity index (χ3n) is 6.64. The van der Waals surface area contributed by atoms with Crippen LogP contribution in [0.25, 0.3) is 33.3 Å². The van der Waals surface area contributed by atoms with E-state index in [1.165, 1.54) is 6.21 Å². The normalized spacial score (nSPS) is 11.2. The van der Waals surface area contributed by atoms with Gasteiger partial charge in [0.1, 0.15) is 0 Å². The van der Waals surface area contributed by atoms with Gasteiger partial charge in [0, 0.05) is 23.9 Å². The molecule has 0 saturated heterocycles. The number of carbonyl (C=O) groups is 1. The number of hydrazone groups is 1. The van der Waals surface area contributed by atoms with E-state index in [1.807, 2.05) is 31.2 Å². The molecular weight excluding hydrogens is 486 g/mol. The molecule has 0 saturated carbocycles. The van der Waals surface area contributed by atoms with Gasteiger partial charge in [-0.15, -0.1) is 0 Å². The highest BCUT2D eigenvalue weighted by atomic mass is 16.5. The van der Waals surface area contributed by atoms with E-state index in [0.717, 1.165) is 38.9 Å². The number of ether oxygens (including phenoxy) is 1. The van der Waals surface area contributed by atoms with Crippen molar-refractivity contribution in [1.29, 1.82) is 0 Å². The Balaban J connectivity index is 1.45. The van der Waals surface area contributed by atoms with Crippen molar-refractivity contribution in [1.82, 2.24) is 9.99 Å². The van der Waals surface area contributed by atoms with Crippen molar-refractivity contribution >= 4 is 23.0 Å². The Bertz CT molecular complexity index is 1620. The Kier molecular flexibility index (Phi) is 7.73. The van der Waals surface area contributed by atoms with E-state index in [9.17, 15) is 9.90 Å². The summed E-state index contributed by atoms with van der Waals surface area (Å²) < 4.78 is 7.68. The number of fused-ring (bicyclic) bond motifs is 1. The van der Waals surface area contributed by atoms with Crippen molar-refractivity contribution in [2.75, 3.05) is 6.61 Å². The first-order valence-corrected chi connectivity index (χ1v) is 13.1. The summed E-state index contributed by atoms with van der Waals surface area (Å²) in [6.07, 6.45) is 1.79. The van der Waals surface area contributed by atoms with Gasteiger partial charge in [-0.2, -0.15) is 5.10 Å². The molecule has 1 heterocycles. The molecule has 2 N–H and O–H groups in total. The van der Waals surface area contributed by atoms with Crippen LogP contribution in [0.15, 0.2) is 102 Å². The number of para-hydroxylation sites is 1. The molecule has 196 valence electrons. The first-order chi connectivity index (χ1) is 19.1. The van der Waals surface area contributed by atoms with Crippen LogP contribution in [-0.2, 0) is 11.3 Å². The predicted molar refractivity (Wildman–Crippen MR) is 157 cm³/mol. The third kappa shape index (κ3) is 5.55. The number of rotatable bonds is 9. The van der Waals surface area contributed by atoms with Gasteiger partial charge in [-0.25, -0.2) is 5.43 Å². The fraction of sp³-hybridized carbons (Fsp3) is 0.152. The number of amides is 1. The second kappa shape index (κ2) is 11.7. The van der Waals surface area contributed by atoms with E-state index in [2.05, 4.69) is 76.6 Å². The van der Waals surface area contributed by atoms with Crippen LogP contribution in [0.5, 0.6) is 11.5 Å². The van der Waals surface area contributed by atoms with Gasteiger partial charge in [-0.05, 0) is 54.3 Å². The molecule has 0 aliphatic rings. The number of aryl methyl sites for hydroxylation is 2. The average Bonchev–Trinajstić information content (AvgIpc) is 3.30. The minimum Gasteiger partial charge on any atom is -0.504 e. The molecule has 0 unspecified atom stereocenters. The van der Waals surface area contributed by atoms with Crippen molar-refractivity contribution < 1.29 is 14.6 Å². The van der Waals surface area contributed by atoms with Gasteiger partial charge in [-0.1, -0.05) is 78.9 Å². The molecule has 4 aromatic carbocycles. The smallest absolute Gasteiger partial charge is 0.241 e. The molecule has 1 aromatic heterocycles. The molecule has 6 nitrogen and oxygen atoms in total. The largest absolute Gasteiger partial charge is 0.504 e. The number of hydrogen-bond donors (Lipinski definition) is 2. The van der Waals surface area contributed by atoms with E-state index < -0.39 is 0 Å². The molecule has 0 spiro atoms. The van der Waals surface area contributed by atoms with E-state index in [4.69, 9.17) is 4.74 Å². The lowest BCUT2D eigenvalue weighted by Gasteiger charge is -2.13. The molecule has 0 radical (unpaired) electrons. The number of aromatic hydroxyl groups is 1. The van der Waals surface area contributed by atoms with E-state index >= 15 is 0 Å². The lowest BCUT2D eigenvalue weighted by atomic mass is 9.98. The van der Waals surface area contributed by atoms with Gasteiger partial charge in [0.05, 0.1) is 24.0 Å². The minimum atomic E-state index is -0.189. The Morgan fingerprint density at radius 3 is 2.38 bits per heavy atom. The molecule has 0 fully saturated rings. The molecule has 0 bridgehead atoms. The molecule has 0 aliphatic carbocycles. The summed E-state index contributed by atoms with van der Waals surface area (Å²) in [7, 11) is 0. The zero-order valence-corrected chi connectivity index (χ0v) is 22.1. The maximum atomic E-state index is 12.9. The van der Waals surface area contributed by atoms with Crippen LogP contribution in [0.2, 0.25) is 0 Å². The molecule has 39 heavy (non-hydrogen) atoms. The van der Waals surface area contributed by atoms with Gasteiger partial charge in [0.15, 0.2) is 11.5 Å². The summed E-state index contributed by atoms with van der Waals surface area (Å²) in [5.74, 6) is 0.257. The number of aromatic nitrogens is 1. The molecule has 1 amide bonds. The minimum absolute atomic E-state index is 0.0661. The fourth-order valence-electron chi connectivity index (χ4n) is 4.94. The van der Waals surface area contributed by atoms with Gasteiger partial charge >= 0.3 is 0 Å². The third-order valence-corrected chi connectivity index (χ3v) is 6.64. The molecule has 0 aliphatic heterocycles. The van der Waals surface area contributed by atoms with Crippen molar-refractivity contribution in [3.05, 3.63) is 108 Å². The highest BCUT2D eigenvalue weighted by Gasteiger charge is 2.21. The van der Waals surface area contributed by atoms with Crippen LogP contribution in [0.3, 0.4) is 0 Å². The monoisotopic (exact) mass is 517 g/mol. The Morgan fingerprint density at radius 2 is 1.67 bits per heavy atom. The highest BCUT2D eigenvalue weighted by Crippen LogP contribution is 2.42. The van der Waals surface area contributed by atoms with Crippen molar-refractivity contribution in [3.8, 4) is 33.9 Å². The van der Waals surface area contributed by atoms with Crippen LogP contribution in [-0.4, -0.2) is 28.4 Å². The van der Waals surface area contributed by atoms with Crippen molar-refractivity contribution in [2.24, 2.45) is 5.10 Å². The number of nitrogens with one attached hydrogen (secondary N) is 1. The quantitative estimate of drug-likeness (QED) is 0.164. The maximum Gasteiger partial charge on any atom is 0.241 e. The Hall–Kier alpha value is -4.84. The molecule has 0 atom stereocenters. The second-order valence-corrected chi connectivity index (χ2v) is 9.28. The summed E-state index contributed by atoms with van der Waals surface area (Å²) >= 11 is 0. The molecule has 5 aromatic rings. The van der Waals surface area contributed by atoms with Crippen LogP contribution in [0.1, 0.15) is 24.5 Å². The summed E-state index contributed by atoms with van der Waals surface area (Å²) in [6.45, 7) is 4.89. The van der Waals surface area contributed by atoms with Crippen LogP contribution < -0.4 is 10.2 Å². The summed E-state index contributed by atoms with van der Waals surface area (Å²) in [5, 5.41) is 15.2. The lowest BCUT2D eigenvalue weighted by molar-refractivity contribution is -0.121. The lowest BCUT2D eigenvalue weighted by Crippen LogP contribution is -2.19. The predicted octanol–water partition coefficient (Wildman–Crippen LogP) is 6.93. The van der Waals surface area contributed by atoms with Gasteiger partial charge in [-0.3, -0.25) is 4.79 Å². The number of nitrogens with zero attached hydrogens (tertiary/aromatic N) is 2. The van der Waals surface area contributed by atoms with E-state index in [0.29, 0.717) is 24.5 Å². The molecule has 6 heteroatoms. The zero-order chi connectivity index (χ0) is 27.2. The molecular formula is C33H31N3O3.